The molecule has 5 rings (SSSR count). The summed E-state index contributed by atoms with van der Waals surface area (Å²) in [5, 5.41) is 9.76. The van der Waals surface area contributed by atoms with Gasteiger partial charge in [0.05, 0.1) is 26.0 Å². The molecule has 0 spiro atoms. The third kappa shape index (κ3) is 4.96. The van der Waals surface area contributed by atoms with E-state index < -0.39 is 17.6 Å². The summed E-state index contributed by atoms with van der Waals surface area (Å²) in [6, 6.07) is 17.4. The number of esters is 1. The van der Waals surface area contributed by atoms with Crippen LogP contribution in [0.2, 0.25) is 0 Å². The molecular formula is C29H24FNO6. The quantitative estimate of drug-likeness (QED) is 0.300. The molecule has 0 radical (unpaired) electrons. The molecule has 7 nitrogen and oxygen atoms in total. The average molecular weight is 502 g/mol. The van der Waals surface area contributed by atoms with Crippen molar-refractivity contribution in [2.75, 3.05) is 38.3 Å². The number of hydrogen-bond donors (Lipinski definition) is 1. The fourth-order valence-electron chi connectivity index (χ4n) is 4.35. The van der Waals surface area contributed by atoms with E-state index in [4.69, 9.17) is 14.2 Å². The molecule has 0 atom stereocenters. The van der Waals surface area contributed by atoms with Crippen LogP contribution < -0.4 is 9.64 Å². The highest BCUT2D eigenvalue weighted by atomic mass is 19.1. The highest BCUT2D eigenvalue weighted by molar-refractivity contribution is 6.32. The maximum Gasteiger partial charge on any atom is 0.348 e. The van der Waals surface area contributed by atoms with Gasteiger partial charge in [-0.3, -0.25) is 4.79 Å². The zero-order valence-corrected chi connectivity index (χ0v) is 20.1. The van der Waals surface area contributed by atoms with Crippen molar-refractivity contribution < 1.29 is 33.3 Å². The number of benzene rings is 3. The fourth-order valence-corrected chi connectivity index (χ4v) is 4.35. The third-order valence-corrected chi connectivity index (χ3v) is 6.26. The molecule has 2 heterocycles. The molecule has 0 bridgehead atoms. The van der Waals surface area contributed by atoms with Gasteiger partial charge in [0.2, 0.25) is 5.78 Å². The summed E-state index contributed by atoms with van der Waals surface area (Å²) in [7, 11) is 1.56. The molecule has 0 unspecified atom stereocenters. The number of ketones is 1. The number of allylic oxidation sites excluding steroid dienone is 1. The number of phenols is 1. The predicted octanol–water partition coefficient (Wildman–Crippen LogP) is 4.61. The van der Waals surface area contributed by atoms with Gasteiger partial charge >= 0.3 is 5.97 Å². The molecule has 8 heteroatoms. The lowest BCUT2D eigenvalue weighted by Crippen LogP contribution is -2.36. The summed E-state index contributed by atoms with van der Waals surface area (Å²) in [5.74, 6) is -1.17. The topological polar surface area (TPSA) is 85.3 Å². The molecule has 3 aromatic carbocycles. The third-order valence-electron chi connectivity index (χ3n) is 6.26. The fraction of sp³-hybridized carbons (Fsp3) is 0.172. The van der Waals surface area contributed by atoms with Crippen LogP contribution >= 0.6 is 0 Å². The number of aromatic hydroxyl groups is 1. The molecule has 37 heavy (non-hydrogen) atoms. The van der Waals surface area contributed by atoms with Gasteiger partial charge < -0.3 is 24.2 Å². The molecule has 3 aromatic rings. The van der Waals surface area contributed by atoms with Crippen molar-refractivity contribution in [3.05, 3.63) is 101 Å². The number of halogens is 1. The number of phenolic OH excluding ortho intramolecular Hbond substituents is 1. The van der Waals surface area contributed by atoms with E-state index in [0.29, 0.717) is 43.3 Å². The van der Waals surface area contributed by atoms with Crippen LogP contribution in [0.5, 0.6) is 11.5 Å². The van der Waals surface area contributed by atoms with E-state index in [-0.39, 0.29) is 28.2 Å². The lowest BCUT2D eigenvalue weighted by Gasteiger charge is -2.29. The number of cyclic esters (lactones) is 1. The Kier molecular flexibility index (Phi) is 6.74. The van der Waals surface area contributed by atoms with Gasteiger partial charge in [-0.25, -0.2) is 9.18 Å². The van der Waals surface area contributed by atoms with Crippen molar-refractivity contribution >= 4 is 29.1 Å². The van der Waals surface area contributed by atoms with Crippen LogP contribution in [-0.4, -0.2) is 50.3 Å². The van der Waals surface area contributed by atoms with E-state index >= 15 is 4.39 Å². The summed E-state index contributed by atoms with van der Waals surface area (Å²) >= 11 is 0. The maximum absolute atomic E-state index is 15.1. The summed E-state index contributed by atoms with van der Waals surface area (Å²) in [5.41, 5.74) is 1.68. The Morgan fingerprint density at radius 3 is 2.38 bits per heavy atom. The van der Waals surface area contributed by atoms with Gasteiger partial charge in [0.15, 0.2) is 0 Å². The Bertz CT molecular complexity index is 1400. The molecular weight excluding hydrogens is 477 g/mol. The van der Waals surface area contributed by atoms with Crippen molar-refractivity contribution in [2.24, 2.45) is 0 Å². The predicted molar refractivity (Wildman–Crippen MR) is 136 cm³/mol. The Labute approximate surface area is 213 Å². The maximum atomic E-state index is 15.1. The molecule has 2 aliphatic heterocycles. The number of carbonyl (C=O) groups is 2. The molecule has 0 amide bonds. The van der Waals surface area contributed by atoms with E-state index in [1.165, 1.54) is 18.2 Å². The number of methoxy groups -OCH3 is 1. The molecule has 1 saturated heterocycles. The van der Waals surface area contributed by atoms with Crippen LogP contribution in [0.4, 0.5) is 10.1 Å². The highest BCUT2D eigenvalue weighted by Crippen LogP contribution is 2.38. The molecule has 0 saturated carbocycles. The number of rotatable bonds is 6. The van der Waals surface area contributed by atoms with Crippen molar-refractivity contribution in [3.63, 3.8) is 0 Å². The molecule has 0 aliphatic carbocycles. The van der Waals surface area contributed by atoms with Gasteiger partial charge in [-0.15, -0.1) is 0 Å². The Balaban J connectivity index is 1.57. The smallest absolute Gasteiger partial charge is 0.348 e. The minimum atomic E-state index is -0.828. The van der Waals surface area contributed by atoms with Gasteiger partial charge in [-0.05, 0) is 59.7 Å². The number of anilines is 1. The summed E-state index contributed by atoms with van der Waals surface area (Å²) < 4.78 is 31.1. The van der Waals surface area contributed by atoms with Gasteiger partial charge in [0, 0.05) is 24.2 Å². The Hall–Kier alpha value is -4.43. The second-order valence-corrected chi connectivity index (χ2v) is 8.56. The van der Waals surface area contributed by atoms with Crippen LogP contribution in [0.3, 0.4) is 0 Å². The second kappa shape index (κ2) is 10.3. The Morgan fingerprint density at radius 2 is 1.73 bits per heavy atom. The van der Waals surface area contributed by atoms with Gasteiger partial charge in [0.1, 0.15) is 28.6 Å². The first kappa shape index (κ1) is 24.3. The van der Waals surface area contributed by atoms with E-state index in [2.05, 4.69) is 0 Å². The lowest BCUT2D eigenvalue weighted by molar-refractivity contribution is -0.132. The van der Waals surface area contributed by atoms with E-state index in [0.717, 1.165) is 11.6 Å². The Morgan fingerprint density at radius 1 is 1.03 bits per heavy atom. The van der Waals surface area contributed by atoms with Crippen molar-refractivity contribution in [1.29, 1.82) is 0 Å². The molecule has 0 aromatic heterocycles. The highest BCUT2D eigenvalue weighted by Gasteiger charge is 2.36. The van der Waals surface area contributed by atoms with Crippen LogP contribution in [0.15, 0.2) is 78.1 Å². The minimum Gasteiger partial charge on any atom is -0.508 e. The number of Topliss-reactive ketones (excluding diaryl/α,β-unsaturated/α-hetero) is 1. The minimum absolute atomic E-state index is 0.0310. The van der Waals surface area contributed by atoms with Gasteiger partial charge in [-0.1, -0.05) is 24.3 Å². The van der Waals surface area contributed by atoms with Crippen molar-refractivity contribution in [1.82, 2.24) is 0 Å². The van der Waals surface area contributed by atoms with Gasteiger partial charge in [-0.2, -0.15) is 0 Å². The van der Waals surface area contributed by atoms with Crippen LogP contribution in [0, 0.1) is 5.82 Å². The van der Waals surface area contributed by atoms with Crippen LogP contribution in [0.25, 0.3) is 11.6 Å². The number of ether oxygens (including phenoxy) is 3. The van der Waals surface area contributed by atoms with Crippen molar-refractivity contribution in [2.45, 2.75) is 0 Å². The SMILES string of the molecule is COc1ccc(/C=C2\OC(=O)C(C(=O)c3ccc(N4CCOCC4)c(F)c3)=C2c2ccc(O)cc2)cc1. The summed E-state index contributed by atoms with van der Waals surface area (Å²) in [6.45, 7) is 2.09. The standard InChI is InChI=1S/C29H24FNO6/c1-35-22-9-2-18(3-10-22)16-25-26(19-4-7-21(32)8-5-19)27(29(34)37-25)28(33)20-6-11-24(23(30)17-20)31-12-14-36-15-13-31/h2-11,16-17,32H,12-15H2,1H3/b25-16-. The number of nitrogens with zero attached hydrogens (tertiary/aromatic N) is 1. The molecule has 1 N–H and O–H groups in total. The second-order valence-electron chi connectivity index (χ2n) is 8.56. The number of hydrogen-bond acceptors (Lipinski definition) is 7. The largest absolute Gasteiger partial charge is 0.508 e. The first-order valence-corrected chi connectivity index (χ1v) is 11.7. The van der Waals surface area contributed by atoms with Gasteiger partial charge in [0.25, 0.3) is 0 Å². The van der Waals surface area contributed by atoms with E-state index in [1.807, 2.05) is 4.90 Å². The zero-order chi connectivity index (χ0) is 25.9. The lowest BCUT2D eigenvalue weighted by atomic mass is 9.93. The van der Waals surface area contributed by atoms with Crippen LogP contribution in [0.1, 0.15) is 21.5 Å². The summed E-state index contributed by atoms with van der Waals surface area (Å²) in [6.07, 6.45) is 1.64. The zero-order valence-electron chi connectivity index (χ0n) is 20.1. The first-order chi connectivity index (χ1) is 17.9. The number of carbonyl (C=O) groups excluding carboxylic acids is 2. The molecule has 1 fully saturated rings. The monoisotopic (exact) mass is 501 g/mol. The summed E-state index contributed by atoms with van der Waals surface area (Å²) in [4.78, 5) is 28.4. The molecule has 2 aliphatic rings. The number of morpholine rings is 1. The normalized spacial score (nSPS) is 16.8. The van der Waals surface area contributed by atoms with Crippen LogP contribution in [-0.2, 0) is 14.3 Å². The first-order valence-electron chi connectivity index (χ1n) is 11.7. The average Bonchev–Trinajstić information content (AvgIpc) is 3.24. The molecule has 188 valence electrons. The van der Waals surface area contributed by atoms with Crippen molar-refractivity contribution in [3.8, 4) is 11.5 Å². The van der Waals surface area contributed by atoms with E-state index in [9.17, 15) is 14.7 Å². The van der Waals surface area contributed by atoms with E-state index in [1.54, 1.807) is 55.7 Å².